The van der Waals surface area contributed by atoms with E-state index < -0.39 is 5.60 Å². The number of halogens is 1. The molecular formula is C13H22BrN3O. The molecule has 0 bridgehead atoms. The first-order valence-corrected chi connectivity index (χ1v) is 7.50. The zero-order valence-electron chi connectivity index (χ0n) is 11.2. The van der Waals surface area contributed by atoms with Crippen LogP contribution in [0.25, 0.3) is 0 Å². The second-order valence-electron chi connectivity index (χ2n) is 5.20. The molecule has 1 aromatic heterocycles. The van der Waals surface area contributed by atoms with E-state index in [1.807, 2.05) is 11.6 Å². The van der Waals surface area contributed by atoms with E-state index in [0.29, 0.717) is 6.54 Å². The van der Waals surface area contributed by atoms with Crippen molar-refractivity contribution in [3.63, 3.8) is 0 Å². The summed E-state index contributed by atoms with van der Waals surface area (Å²) in [7, 11) is 0. The average molecular weight is 316 g/mol. The summed E-state index contributed by atoms with van der Waals surface area (Å²) in [6.07, 6.45) is 4.14. The SMILES string of the molecule is CCn1nc(C)c(Br)c1CNCC1(O)CCCC1. The molecule has 0 saturated heterocycles. The van der Waals surface area contributed by atoms with E-state index in [4.69, 9.17) is 0 Å². The van der Waals surface area contributed by atoms with Crippen molar-refractivity contribution in [3.05, 3.63) is 15.9 Å². The van der Waals surface area contributed by atoms with Crippen LogP contribution in [0.5, 0.6) is 0 Å². The van der Waals surface area contributed by atoms with Gasteiger partial charge in [0.05, 0.1) is 21.5 Å². The molecule has 0 aliphatic heterocycles. The molecule has 1 saturated carbocycles. The molecule has 1 heterocycles. The first-order chi connectivity index (χ1) is 8.56. The monoisotopic (exact) mass is 315 g/mol. The molecule has 0 radical (unpaired) electrons. The number of aromatic nitrogens is 2. The molecule has 1 fully saturated rings. The number of nitrogens with zero attached hydrogens (tertiary/aromatic N) is 2. The van der Waals surface area contributed by atoms with Crippen LogP contribution in [0.1, 0.15) is 44.0 Å². The summed E-state index contributed by atoms with van der Waals surface area (Å²) in [4.78, 5) is 0. The predicted octanol–water partition coefficient (Wildman–Crippen LogP) is 2.37. The number of hydrogen-bond acceptors (Lipinski definition) is 3. The van der Waals surface area contributed by atoms with Gasteiger partial charge in [-0.05, 0) is 42.6 Å². The predicted molar refractivity (Wildman–Crippen MR) is 75.5 cm³/mol. The van der Waals surface area contributed by atoms with Crippen molar-refractivity contribution in [2.75, 3.05) is 6.54 Å². The van der Waals surface area contributed by atoms with Gasteiger partial charge in [0.1, 0.15) is 0 Å². The van der Waals surface area contributed by atoms with Gasteiger partial charge in [-0.3, -0.25) is 4.68 Å². The van der Waals surface area contributed by atoms with Crippen molar-refractivity contribution >= 4 is 15.9 Å². The van der Waals surface area contributed by atoms with Crippen LogP contribution in [0, 0.1) is 6.92 Å². The van der Waals surface area contributed by atoms with Crippen LogP contribution in [-0.2, 0) is 13.1 Å². The quantitative estimate of drug-likeness (QED) is 0.877. The van der Waals surface area contributed by atoms with E-state index in [-0.39, 0.29) is 0 Å². The van der Waals surface area contributed by atoms with Crippen LogP contribution in [0.15, 0.2) is 4.47 Å². The first-order valence-electron chi connectivity index (χ1n) is 6.70. The van der Waals surface area contributed by atoms with Crippen molar-refractivity contribution < 1.29 is 5.11 Å². The van der Waals surface area contributed by atoms with Gasteiger partial charge in [0.25, 0.3) is 0 Å². The minimum Gasteiger partial charge on any atom is -0.389 e. The Morgan fingerprint density at radius 2 is 2.11 bits per heavy atom. The fourth-order valence-electron chi connectivity index (χ4n) is 2.66. The lowest BCUT2D eigenvalue weighted by Crippen LogP contribution is -2.38. The van der Waals surface area contributed by atoms with E-state index in [1.165, 1.54) is 0 Å². The smallest absolute Gasteiger partial charge is 0.0771 e. The van der Waals surface area contributed by atoms with Gasteiger partial charge in [0.15, 0.2) is 0 Å². The van der Waals surface area contributed by atoms with E-state index >= 15 is 0 Å². The van der Waals surface area contributed by atoms with Gasteiger partial charge in [0.2, 0.25) is 0 Å². The maximum absolute atomic E-state index is 10.3. The molecule has 5 heteroatoms. The topological polar surface area (TPSA) is 50.1 Å². The van der Waals surface area contributed by atoms with Gasteiger partial charge in [-0.1, -0.05) is 12.8 Å². The second-order valence-corrected chi connectivity index (χ2v) is 5.99. The van der Waals surface area contributed by atoms with Crippen LogP contribution in [0.3, 0.4) is 0 Å². The van der Waals surface area contributed by atoms with Crippen molar-refractivity contribution in [2.24, 2.45) is 0 Å². The summed E-state index contributed by atoms with van der Waals surface area (Å²) < 4.78 is 3.08. The molecule has 0 aromatic carbocycles. The molecule has 4 nitrogen and oxygen atoms in total. The highest BCUT2D eigenvalue weighted by Crippen LogP contribution is 2.29. The number of hydrogen-bond donors (Lipinski definition) is 2. The lowest BCUT2D eigenvalue weighted by Gasteiger charge is -2.22. The van der Waals surface area contributed by atoms with Crippen molar-refractivity contribution in [1.29, 1.82) is 0 Å². The Morgan fingerprint density at radius 1 is 1.44 bits per heavy atom. The van der Waals surface area contributed by atoms with Crippen LogP contribution in [0.4, 0.5) is 0 Å². The fourth-order valence-corrected chi connectivity index (χ4v) is 3.09. The molecule has 2 N–H and O–H groups in total. The standard InChI is InChI=1S/C13H22BrN3O/c1-3-17-11(12(14)10(2)16-17)8-15-9-13(18)6-4-5-7-13/h15,18H,3-9H2,1-2H3. The fraction of sp³-hybridized carbons (Fsp3) is 0.769. The van der Waals surface area contributed by atoms with E-state index in [1.54, 1.807) is 0 Å². The van der Waals surface area contributed by atoms with Gasteiger partial charge in [0, 0.05) is 19.6 Å². The number of aryl methyl sites for hydroxylation is 2. The summed E-state index contributed by atoms with van der Waals surface area (Å²) in [5.74, 6) is 0. The molecule has 18 heavy (non-hydrogen) atoms. The largest absolute Gasteiger partial charge is 0.389 e. The van der Waals surface area contributed by atoms with Gasteiger partial charge in [-0.25, -0.2) is 0 Å². The van der Waals surface area contributed by atoms with Gasteiger partial charge in [-0.2, -0.15) is 5.10 Å². The minimum atomic E-state index is -0.488. The Balaban J connectivity index is 1.93. The van der Waals surface area contributed by atoms with Gasteiger partial charge >= 0.3 is 0 Å². The summed E-state index contributed by atoms with van der Waals surface area (Å²) >= 11 is 3.58. The Kier molecular flexibility index (Phi) is 4.45. The highest BCUT2D eigenvalue weighted by molar-refractivity contribution is 9.10. The second kappa shape index (κ2) is 5.72. The number of rotatable bonds is 5. The maximum Gasteiger partial charge on any atom is 0.0771 e. The van der Waals surface area contributed by atoms with E-state index in [0.717, 1.165) is 54.6 Å². The Hall–Kier alpha value is -0.390. The normalized spacial score (nSPS) is 18.4. The third-order valence-corrected chi connectivity index (χ3v) is 4.77. The third kappa shape index (κ3) is 2.95. The molecule has 0 spiro atoms. The summed E-state index contributed by atoms with van der Waals surface area (Å²) in [6.45, 7) is 6.38. The molecule has 1 aromatic rings. The lowest BCUT2D eigenvalue weighted by molar-refractivity contribution is 0.0473. The van der Waals surface area contributed by atoms with Crippen molar-refractivity contribution in [3.8, 4) is 0 Å². The minimum absolute atomic E-state index is 0.488. The van der Waals surface area contributed by atoms with Crippen LogP contribution < -0.4 is 5.32 Å². The van der Waals surface area contributed by atoms with Crippen LogP contribution in [0.2, 0.25) is 0 Å². The van der Waals surface area contributed by atoms with Crippen molar-refractivity contribution in [2.45, 2.75) is 58.2 Å². The number of aliphatic hydroxyl groups is 1. The van der Waals surface area contributed by atoms with Crippen LogP contribution >= 0.6 is 15.9 Å². The molecular weight excluding hydrogens is 294 g/mol. The maximum atomic E-state index is 10.3. The Bertz CT molecular complexity index is 411. The summed E-state index contributed by atoms with van der Waals surface area (Å²) in [5.41, 5.74) is 1.70. The molecule has 1 aliphatic carbocycles. The van der Waals surface area contributed by atoms with Gasteiger partial charge < -0.3 is 10.4 Å². The molecule has 1 aliphatic rings. The summed E-state index contributed by atoms with van der Waals surface area (Å²) in [6, 6.07) is 0. The molecule has 0 atom stereocenters. The highest BCUT2D eigenvalue weighted by Gasteiger charge is 2.30. The van der Waals surface area contributed by atoms with E-state index in [9.17, 15) is 5.11 Å². The third-order valence-electron chi connectivity index (χ3n) is 3.73. The zero-order chi connectivity index (χ0) is 13.2. The van der Waals surface area contributed by atoms with Crippen molar-refractivity contribution in [1.82, 2.24) is 15.1 Å². The molecule has 0 unspecified atom stereocenters. The molecule has 0 amide bonds. The Morgan fingerprint density at radius 3 is 2.72 bits per heavy atom. The Labute approximate surface area is 117 Å². The molecule has 2 rings (SSSR count). The first kappa shape index (κ1) is 14.0. The highest BCUT2D eigenvalue weighted by atomic mass is 79.9. The number of nitrogens with one attached hydrogen (secondary N) is 1. The van der Waals surface area contributed by atoms with Gasteiger partial charge in [-0.15, -0.1) is 0 Å². The average Bonchev–Trinajstić information content (AvgIpc) is 2.88. The van der Waals surface area contributed by atoms with Crippen LogP contribution in [-0.4, -0.2) is 27.0 Å². The van der Waals surface area contributed by atoms with E-state index in [2.05, 4.69) is 33.3 Å². The lowest BCUT2D eigenvalue weighted by atomic mass is 10.0. The zero-order valence-corrected chi connectivity index (χ0v) is 12.8. The summed E-state index contributed by atoms with van der Waals surface area (Å²) in [5, 5.41) is 18.1. The molecule has 102 valence electrons.